The standard InChI is InChI=1S/C11H9F3O4S/c1-17-9(15)7-2-4-8(5-3-7)19-6-18-10(16)11(12,13)14/h2-5H,6H2,1H3. The number of hydrogen-bond donors (Lipinski definition) is 0. The van der Waals surface area contributed by atoms with Gasteiger partial charge < -0.3 is 9.47 Å². The van der Waals surface area contributed by atoms with Crippen LogP contribution in [0.4, 0.5) is 13.2 Å². The van der Waals surface area contributed by atoms with E-state index in [0.29, 0.717) is 10.5 Å². The Labute approximate surface area is 110 Å². The first-order valence-electron chi connectivity index (χ1n) is 4.89. The normalized spacial score (nSPS) is 10.9. The number of carbonyl (C=O) groups excluding carboxylic acids is 2. The molecule has 0 spiro atoms. The van der Waals surface area contributed by atoms with E-state index in [4.69, 9.17) is 0 Å². The Hall–Kier alpha value is -1.70. The second-order valence-corrected chi connectivity index (χ2v) is 4.20. The fourth-order valence-corrected chi connectivity index (χ4v) is 1.67. The zero-order valence-corrected chi connectivity index (χ0v) is 10.5. The molecule has 19 heavy (non-hydrogen) atoms. The minimum Gasteiger partial charge on any atom is -0.465 e. The summed E-state index contributed by atoms with van der Waals surface area (Å²) in [5, 5.41) is 0. The maximum absolute atomic E-state index is 11.8. The predicted octanol–water partition coefficient (Wildman–Crippen LogP) is 2.63. The molecule has 0 unspecified atom stereocenters. The molecule has 1 aromatic carbocycles. The molecule has 0 aromatic heterocycles. The molecule has 1 aromatic rings. The molecular weight excluding hydrogens is 285 g/mol. The molecule has 0 atom stereocenters. The Morgan fingerprint density at radius 2 is 1.79 bits per heavy atom. The van der Waals surface area contributed by atoms with Gasteiger partial charge in [0.15, 0.2) is 0 Å². The van der Waals surface area contributed by atoms with Crippen LogP contribution < -0.4 is 0 Å². The molecule has 1 rings (SSSR count). The molecule has 0 saturated carbocycles. The van der Waals surface area contributed by atoms with E-state index < -0.39 is 24.1 Å². The van der Waals surface area contributed by atoms with Crippen LogP contribution in [0.25, 0.3) is 0 Å². The highest BCUT2D eigenvalue weighted by atomic mass is 32.2. The van der Waals surface area contributed by atoms with Crippen LogP contribution in [0.15, 0.2) is 29.2 Å². The van der Waals surface area contributed by atoms with Crippen LogP contribution in [0.5, 0.6) is 0 Å². The van der Waals surface area contributed by atoms with Crippen molar-refractivity contribution in [2.24, 2.45) is 0 Å². The van der Waals surface area contributed by atoms with E-state index in [0.717, 1.165) is 11.8 Å². The van der Waals surface area contributed by atoms with E-state index in [-0.39, 0.29) is 0 Å². The molecule has 0 aliphatic heterocycles. The van der Waals surface area contributed by atoms with Crippen LogP contribution in [0, 0.1) is 0 Å². The highest BCUT2D eigenvalue weighted by Crippen LogP contribution is 2.22. The highest BCUT2D eigenvalue weighted by Gasteiger charge is 2.40. The van der Waals surface area contributed by atoms with Crippen LogP contribution >= 0.6 is 11.8 Å². The Morgan fingerprint density at radius 1 is 1.21 bits per heavy atom. The zero-order valence-electron chi connectivity index (χ0n) is 9.69. The highest BCUT2D eigenvalue weighted by molar-refractivity contribution is 7.99. The van der Waals surface area contributed by atoms with Crippen molar-refractivity contribution in [2.45, 2.75) is 11.1 Å². The van der Waals surface area contributed by atoms with Crippen molar-refractivity contribution in [2.75, 3.05) is 13.0 Å². The first-order valence-corrected chi connectivity index (χ1v) is 5.88. The predicted molar refractivity (Wildman–Crippen MR) is 60.7 cm³/mol. The van der Waals surface area contributed by atoms with Gasteiger partial charge in [-0.2, -0.15) is 13.2 Å². The molecule has 0 saturated heterocycles. The van der Waals surface area contributed by atoms with Crippen LogP contribution in [0.2, 0.25) is 0 Å². The largest absolute Gasteiger partial charge is 0.490 e. The number of carbonyl (C=O) groups is 2. The van der Waals surface area contributed by atoms with Gasteiger partial charge >= 0.3 is 18.1 Å². The molecule has 0 aliphatic carbocycles. The van der Waals surface area contributed by atoms with Gasteiger partial charge in [-0.3, -0.25) is 0 Å². The minimum atomic E-state index is -4.99. The molecule has 0 amide bonds. The number of methoxy groups -OCH3 is 1. The summed E-state index contributed by atoms with van der Waals surface area (Å²) >= 11 is 0.898. The fraction of sp³-hybridized carbons (Fsp3) is 0.273. The summed E-state index contributed by atoms with van der Waals surface area (Å²) in [6, 6.07) is 5.94. The third-order valence-electron chi connectivity index (χ3n) is 1.92. The third-order valence-corrected chi connectivity index (χ3v) is 2.76. The SMILES string of the molecule is COC(=O)c1ccc(SCOC(=O)C(F)(F)F)cc1. The van der Waals surface area contributed by atoms with Gasteiger partial charge in [-0.15, -0.1) is 0 Å². The average Bonchev–Trinajstić information content (AvgIpc) is 2.37. The summed E-state index contributed by atoms with van der Waals surface area (Å²) in [6.07, 6.45) is -4.99. The smallest absolute Gasteiger partial charge is 0.465 e. The van der Waals surface area contributed by atoms with Crippen molar-refractivity contribution in [3.8, 4) is 0 Å². The van der Waals surface area contributed by atoms with E-state index in [1.54, 1.807) is 0 Å². The molecule has 0 radical (unpaired) electrons. The third kappa shape index (κ3) is 4.82. The number of thioether (sulfide) groups is 1. The number of benzene rings is 1. The number of rotatable bonds is 4. The lowest BCUT2D eigenvalue weighted by Crippen LogP contribution is -2.25. The van der Waals surface area contributed by atoms with Crippen molar-refractivity contribution >= 4 is 23.7 Å². The van der Waals surface area contributed by atoms with Crippen LogP contribution in [0.3, 0.4) is 0 Å². The minimum absolute atomic E-state index is 0.319. The second kappa shape index (κ2) is 6.46. The first-order chi connectivity index (χ1) is 8.84. The van der Waals surface area contributed by atoms with E-state index in [2.05, 4.69) is 9.47 Å². The summed E-state index contributed by atoms with van der Waals surface area (Å²) in [7, 11) is 1.24. The summed E-state index contributed by atoms with van der Waals surface area (Å²) < 4.78 is 44.0. The summed E-state index contributed by atoms with van der Waals surface area (Å²) in [5.41, 5.74) is 0.319. The summed E-state index contributed by atoms with van der Waals surface area (Å²) in [4.78, 5) is 22.1. The molecule has 4 nitrogen and oxygen atoms in total. The van der Waals surface area contributed by atoms with Gasteiger partial charge in [-0.25, -0.2) is 9.59 Å². The lowest BCUT2D eigenvalue weighted by atomic mass is 10.2. The second-order valence-electron chi connectivity index (χ2n) is 3.21. The van der Waals surface area contributed by atoms with Crippen molar-refractivity contribution in [1.82, 2.24) is 0 Å². The van der Waals surface area contributed by atoms with Crippen LogP contribution in [-0.4, -0.2) is 31.2 Å². The van der Waals surface area contributed by atoms with Gasteiger partial charge in [-0.05, 0) is 24.3 Å². The number of hydrogen-bond acceptors (Lipinski definition) is 5. The fourth-order valence-electron chi connectivity index (χ4n) is 1.04. The number of alkyl halides is 3. The molecule has 0 N–H and O–H groups in total. The Kier molecular flexibility index (Phi) is 5.22. The van der Waals surface area contributed by atoms with E-state index in [1.807, 2.05) is 0 Å². The molecule has 0 fully saturated rings. The Bertz CT molecular complexity index is 456. The Balaban J connectivity index is 2.47. The monoisotopic (exact) mass is 294 g/mol. The lowest BCUT2D eigenvalue weighted by Gasteiger charge is -2.07. The van der Waals surface area contributed by atoms with Gasteiger partial charge in [-0.1, -0.05) is 11.8 Å². The molecule has 0 aliphatic rings. The number of esters is 2. The van der Waals surface area contributed by atoms with Gasteiger partial charge in [0.05, 0.1) is 12.7 Å². The average molecular weight is 294 g/mol. The number of halogens is 3. The first kappa shape index (κ1) is 15.4. The summed E-state index contributed by atoms with van der Waals surface area (Å²) in [6.45, 7) is 0. The van der Waals surface area contributed by atoms with Gasteiger partial charge in [0.1, 0.15) is 5.94 Å². The molecule has 104 valence electrons. The van der Waals surface area contributed by atoms with E-state index >= 15 is 0 Å². The van der Waals surface area contributed by atoms with Crippen molar-refractivity contribution in [3.63, 3.8) is 0 Å². The lowest BCUT2D eigenvalue weighted by molar-refractivity contribution is -0.197. The van der Waals surface area contributed by atoms with Crippen molar-refractivity contribution in [1.29, 1.82) is 0 Å². The number of ether oxygens (including phenoxy) is 2. The van der Waals surface area contributed by atoms with Gasteiger partial charge in [0, 0.05) is 4.90 Å². The maximum Gasteiger partial charge on any atom is 0.490 e. The van der Waals surface area contributed by atoms with E-state index in [9.17, 15) is 22.8 Å². The quantitative estimate of drug-likeness (QED) is 0.485. The Morgan fingerprint density at radius 3 is 2.26 bits per heavy atom. The van der Waals surface area contributed by atoms with Crippen LogP contribution in [0.1, 0.15) is 10.4 Å². The van der Waals surface area contributed by atoms with E-state index in [1.165, 1.54) is 31.4 Å². The summed E-state index contributed by atoms with van der Waals surface area (Å²) in [5.74, 6) is -3.21. The molecule has 0 bridgehead atoms. The van der Waals surface area contributed by atoms with Crippen LogP contribution in [-0.2, 0) is 14.3 Å². The maximum atomic E-state index is 11.8. The zero-order chi connectivity index (χ0) is 14.5. The topological polar surface area (TPSA) is 52.6 Å². The molecular formula is C11H9F3O4S. The molecule has 0 heterocycles. The van der Waals surface area contributed by atoms with Crippen molar-refractivity contribution < 1.29 is 32.2 Å². The van der Waals surface area contributed by atoms with Crippen molar-refractivity contribution in [3.05, 3.63) is 29.8 Å². The van der Waals surface area contributed by atoms with Gasteiger partial charge in [0.25, 0.3) is 0 Å². The molecule has 8 heteroatoms. The van der Waals surface area contributed by atoms with Gasteiger partial charge in [0.2, 0.25) is 0 Å².